The Morgan fingerprint density at radius 3 is 2.16 bits per heavy atom. The number of allylic oxidation sites excluding steroid dienone is 1. The maximum atomic E-state index is 13.0. The molecule has 0 bridgehead atoms. The van der Waals surface area contributed by atoms with Gasteiger partial charge in [0.05, 0.1) is 6.61 Å². The van der Waals surface area contributed by atoms with E-state index in [0.717, 1.165) is 13.8 Å². The van der Waals surface area contributed by atoms with Crippen molar-refractivity contribution in [3.8, 4) is 0 Å². The molecule has 1 rings (SSSR count). The first kappa shape index (κ1) is 21.1. The number of ether oxygens (including phenoxy) is 2. The zero-order valence-corrected chi connectivity index (χ0v) is 13.6. The lowest BCUT2D eigenvalue weighted by Gasteiger charge is -2.29. The van der Waals surface area contributed by atoms with E-state index in [1.165, 1.54) is 0 Å². The maximum absolute atomic E-state index is 13.0. The summed E-state index contributed by atoms with van der Waals surface area (Å²) in [7, 11) is 0. The Hall–Kier alpha value is -1.98. The van der Waals surface area contributed by atoms with Gasteiger partial charge in [-0.05, 0) is 6.92 Å². The summed E-state index contributed by atoms with van der Waals surface area (Å²) < 4.78 is 48.9. The summed E-state index contributed by atoms with van der Waals surface area (Å²) in [4.78, 5) is 34.6. The second-order valence-electron chi connectivity index (χ2n) is 5.34. The zero-order chi connectivity index (χ0) is 19.5. The molecule has 1 heterocycles. The van der Waals surface area contributed by atoms with Crippen molar-refractivity contribution in [2.45, 2.75) is 51.5 Å². The molecule has 1 unspecified atom stereocenters. The van der Waals surface area contributed by atoms with Gasteiger partial charge in [-0.2, -0.15) is 13.2 Å². The van der Waals surface area contributed by atoms with E-state index >= 15 is 0 Å². The number of esters is 1. The van der Waals surface area contributed by atoms with Crippen molar-refractivity contribution in [1.29, 1.82) is 0 Å². The number of Topliss-reactive ketones (excluding diaryl/α,β-unsaturated/α-hetero) is 1. The second-order valence-corrected chi connectivity index (χ2v) is 5.34. The molecule has 0 aromatic rings. The number of hydrogen-bond donors (Lipinski definition) is 2. The monoisotopic (exact) mass is 369 g/mol. The predicted molar refractivity (Wildman–Crippen MR) is 74.6 cm³/mol. The van der Waals surface area contributed by atoms with Gasteiger partial charge in [0.1, 0.15) is 17.8 Å². The molecule has 0 aromatic heterocycles. The van der Waals surface area contributed by atoms with Crippen LogP contribution in [0.3, 0.4) is 0 Å². The Labute approximate surface area is 140 Å². The third kappa shape index (κ3) is 5.00. The van der Waals surface area contributed by atoms with Crippen LogP contribution in [0.5, 0.6) is 0 Å². The van der Waals surface area contributed by atoms with E-state index in [1.807, 2.05) is 0 Å². The minimum atomic E-state index is -5.04. The van der Waals surface area contributed by atoms with E-state index in [9.17, 15) is 32.7 Å². The Balaban J connectivity index is 3.33. The van der Waals surface area contributed by atoms with E-state index in [0.29, 0.717) is 11.8 Å². The van der Waals surface area contributed by atoms with Gasteiger partial charge in [-0.25, -0.2) is 0 Å². The molecule has 11 heteroatoms. The molecule has 0 radical (unpaired) electrons. The van der Waals surface area contributed by atoms with Crippen molar-refractivity contribution in [3.63, 3.8) is 0 Å². The Bertz CT molecular complexity index is 575. The van der Waals surface area contributed by atoms with Crippen LogP contribution < -0.4 is 0 Å². The molecule has 1 aliphatic rings. The minimum Gasteiger partial charge on any atom is -0.455 e. The van der Waals surface area contributed by atoms with Crippen LogP contribution >= 0.6 is 0 Å². The van der Waals surface area contributed by atoms with E-state index < -0.39 is 60.6 Å². The lowest BCUT2D eigenvalue weighted by molar-refractivity contribution is -0.163. The zero-order valence-electron chi connectivity index (χ0n) is 13.6. The van der Waals surface area contributed by atoms with E-state index in [2.05, 4.69) is 0 Å². The molecule has 0 spiro atoms. The summed E-state index contributed by atoms with van der Waals surface area (Å²) >= 11 is 0. The topological polar surface area (TPSA) is 113 Å². The highest BCUT2D eigenvalue weighted by Crippen LogP contribution is 2.31. The number of hydrogen-bond acceptors (Lipinski definition) is 7. The van der Waals surface area contributed by atoms with Crippen LogP contribution in [0.4, 0.5) is 13.2 Å². The molecule has 1 fully saturated rings. The van der Waals surface area contributed by atoms with E-state index in [4.69, 9.17) is 14.6 Å². The number of halogens is 3. The first-order chi connectivity index (χ1) is 11.4. The minimum absolute atomic E-state index is 0.234. The van der Waals surface area contributed by atoms with Crippen molar-refractivity contribution in [2.75, 3.05) is 6.61 Å². The highest BCUT2D eigenvalue weighted by molar-refractivity contribution is 5.95. The highest BCUT2D eigenvalue weighted by Gasteiger charge is 2.49. The molecule has 0 saturated carbocycles. The first-order valence-corrected chi connectivity index (χ1v) is 7.10. The van der Waals surface area contributed by atoms with Crippen LogP contribution in [0, 0.1) is 0 Å². The summed E-state index contributed by atoms with van der Waals surface area (Å²) in [6, 6.07) is 0. The van der Waals surface area contributed by atoms with Crippen molar-refractivity contribution in [2.24, 2.45) is 0 Å². The Kier molecular flexibility index (Phi) is 6.68. The number of amides is 1. The molecular weight excluding hydrogens is 351 g/mol. The summed E-state index contributed by atoms with van der Waals surface area (Å²) in [6.07, 6.45) is -10.9. The number of aliphatic hydroxyl groups excluding tert-OH is 2. The number of rotatable bonds is 5. The summed E-state index contributed by atoms with van der Waals surface area (Å²) in [5.41, 5.74) is -1.63. The average Bonchev–Trinajstić information content (AvgIpc) is 2.74. The van der Waals surface area contributed by atoms with E-state index in [1.54, 1.807) is 0 Å². The first-order valence-electron chi connectivity index (χ1n) is 7.10. The molecule has 142 valence electrons. The highest BCUT2D eigenvalue weighted by atomic mass is 19.4. The number of alkyl halides is 3. The largest absolute Gasteiger partial charge is 0.455 e. The Morgan fingerprint density at radius 1 is 1.24 bits per heavy atom. The number of ketones is 1. The lowest BCUT2D eigenvalue weighted by Crippen LogP contribution is -2.46. The van der Waals surface area contributed by atoms with Gasteiger partial charge in [0, 0.05) is 20.0 Å². The second kappa shape index (κ2) is 7.93. The number of nitrogens with zero attached hydrogens (tertiary/aromatic N) is 1. The summed E-state index contributed by atoms with van der Waals surface area (Å²) in [5, 5.41) is 19.1. The smallest absolute Gasteiger partial charge is 0.421 e. The third-order valence-electron chi connectivity index (χ3n) is 3.39. The van der Waals surface area contributed by atoms with Crippen molar-refractivity contribution < 1.29 is 47.2 Å². The van der Waals surface area contributed by atoms with Gasteiger partial charge >= 0.3 is 12.1 Å². The summed E-state index contributed by atoms with van der Waals surface area (Å²) in [6.45, 7) is 1.82. The average molecular weight is 369 g/mol. The molecule has 0 aromatic carbocycles. The molecule has 4 atom stereocenters. The van der Waals surface area contributed by atoms with Crippen molar-refractivity contribution >= 4 is 17.7 Å². The van der Waals surface area contributed by atoms with Crippen LogP contribution in [-0.2, 0) is 23.9 Å². The fraction of sp³-hybridized carbons (Fsp3) is 0.643. The molecule has 1 amide bonds. The van der Waals surface area contributed by atoms with Gasteiger partial charge < -0.3 is 19.7 Å². The van der Waals surface area contributed by atoms with Crippen LogP contribution in [0.25, 0.3) is 0 Å². The van der Waals surface area contributed by atoms with Gasteiger partial charge in [-0.15, -0.1) is 0 Å². The molecule has 25 heavy (non-hydrogen) atoms. The number of carbonyl (C=O) groups excluding carboxylic acids is 3. The Morgan fingerprint density at radius 2 is 1.80 bits per heavy atom. The third-order valence-corrected chi connectivity index (χ3v) is 3.39. The number of aliphatic hydroxyl groups is 2. The standard InChI is InChI=1S/C14H18F3NO7/c1-6(20)9(14(15,16)17)4-18(7(2)21)13-12(24-8(3)22)11(23)10(5-19)25-13/h4,10-13,19,23H,5H2,1-3H3/b9-4+/t10-,11?,12+,13-/m1/s1. The SMILES string of the molecule is CC(=O)O[C@H]1C(O)[C@@H](CO)O[C@H]1N(/C=C(\C(C)=O)C(F)(F)F)C(C)=O. The van der Waals surface area contributed by atoms with Crippen LogP contribution in [-0.4, -0.2) is 70.1 Å². The van der Waals surface area contributed by atoms with Crippen molar-refractivity contribution in [1.82, 2.24) is 4.90 Å². The van der Waals surface area contributed by atoms with Gasteiger partial charge in [-0.3, -0.25) is 19.3 Å². The van der Waals surface area contributed by atoms with Crippen LogP contribution in [0.15, 0.2) is 11.8 Å². The molecule has 1 saturated heterocycles. The molecule has 2 N–H and O–H groups in total. The molecular formula is C14H18F3NO7. The lowest BCUT2D eigenvalue weighted by atomic mass is 10.1. The van der Waals surface area contributed by atoms with Crippen molar-refractivity contribution in [3.05, 3.63) is 11.8 Å². The van der Waals surface area contributed by atoms with Gasteiger partial charge in [0.2, 0.25) is 5.91 Å². The van der Waals surface area contributed by atoms with Gasteiger partial charge in [0.15, 0.2) is 18.1 Å². The molecule has 0 aliphatic carbocycles. The van der Waals surface area contributed by atoms with Gasteiger partial charge in [0.25, 0.3) is 0 Å². The van der Waals surface area contributed by atoms with Gasteiger partial charge in [-0.1, -0.05) is 0 Å². The fourth-order valence-electron chi connectivity index (χ4n) is 2.26. The number of carbonyl (C=O) groups is 3. The predicted octanol–water partition coefficient (Wildman–Crippen LogP) is -0.120. The fourth-order valence-corrected chi connectivity index (χ4v) is 2.26. The van der Waals surface area contributed by atoms with Crippen LogP contribution in [0.2, 0.25) is 0 Å². The summed E-state index contributed by atoms with van der Waals surface area (Å²) in [5.74, 6) is -3.19. The van der Waals surface area contributed by atoms with E-state index in [-0.39, 0.29) is 6.20 Å². The maximum Gasteiger partial charge on any atom is 0.421 e. The molecule has 8 nitrogen and oxygen atoms in total. The molecule has 1 aliphatic heterocycles. The van der Waals surface area contributed by atoms with Crippen LogP contribution in [0.1, 0.15) is 20.8 Å². The normalized spacial score (nSPS) is 27.1. The quantitative estimate of drug-likeness (QED) is 0.513.